The molecular formula is C8H18N2O4S. The van der Waals surface area contributed by atoms with Gasteiger partial charge in [0, 0.05) is 12.6 Å². The van der Waals surface area contributed by atoms with Crippen LogP contribution in [0.1, 0.15) is 0 Å². The van der Waals surface area contributed by atoms with Gasteiger partial charge in [-0.15, -0.1) is 0 Å². The van der Waals surface area contributed by atoms with Gasteiger partial charge in [0.15, 0.2) is 0 Å². The van der Waals surface area contributed by atoms with Crippen LogP contribution < -0.4 is 5.73 Å². The average Bonchev–Trinajstić information content (AvgIpc) is 2.00. The van der Waals surface area contributed by atoms with E-state index in [-0.39, 0.29) is 12.5 Å². The first-order chi connectivity index (χ1) is 6.54. The molecule has 0 saturated heterocycles. The van der Waals surface area contributed by atoms with Crippen LogP contribution in [0.5, 0.6) is 0 Å². The quantitative estimate of drug-likeness (QED) is 0.382. The molecule has 0 aromatic heterocycles. The summed E-state index contributed by atoms with van der Waals surface area (Å²) in [5.74, 6) is -0.433. The molecule has 0 saturated carbocycles. The van der Waals surface area contributed by atoms with Gasteiger partial charge < -0.3 is 10.3 Å². The molecule has 90 valence electrons. The van der Waals surface area contributed by atoms with Crippen molar-refractivity contribution in [3.63, 3.8) is 0 Å². The first-order valence-corrected chi connectivity index (χ1v) is 5.74. The highest BCUT2D eigenvalue weighted by molar-refractivity contribution is 7.85. The summed E-state index contributed by atoms with van der Waals surface area (Å²) >= 11 is 0. The summed E-state index contributed by atoms with van der Waals surface area (Å²) in [7, 11) is 1.38. The summed E-state index contributed by atoms with van der Waals surface area (Å²) in [6.45, 7) is 3.27. The first-order valence-electron chi connectivity index (χ1n) is 4.16. The van der Waals surface area contributed by atoms with E-state index in [2.05, 4.69) is 6.58 Å². The van der Waals surface area contributed by atoms with Crippen molar-refractivity contribution in [3.8, 4) is 0 Å². The third-order valence-electron chi connectivity index (χ3n) is 1.20. The van der Waals surface area contributed by atoms with Crippen LogP contribution in [0, 0.1) is 0 Å². The number of carbonyl (C=O) groups excluding carboxylic acids is 1. The highest BCUT2D eigenvalue weighted by Gasteiger charge is 2.14. The molecule has 7 heteroatoms. The first kappa shape index (κ1) is 16.7. The molecule has 0 atom stereocenters. The second-order valence-electron chi connectivity index (χ2n) is 3.61. The van der Waals surface area contributed by atoms with E-state index in [0.717, 1.165) is 0 Å². The van der Waals surface area contributed by atoms with E-state index in [9.17, 15) is 17.8 Å². The van der Waals surface area contributed by atoms with Crippen LogP contribution in [-0.4, -0.2) is 56.8 Å². The molecule has 0 heterocycles. The number of amides is 1. The van der Waals surface area contributed by atoms with Crippen molar-refractivity contribution in [2.75, 3.05) is 33.4 Å². The number of quaternary nitrogens is 1. The Balaban J connectivity index is 0. The minimum atomic E-state index is -4.05. The molecule has 0 bridgehead atoms. The maximum Gasteiger partial charge on any atom is 0.337 e. The normalized spacial score (nSPS) is 11.3. The Hall–Kier alpha value is -0.760. The summed E-state index contributed by atoms with van der Waals surface area (Å²) in [5.41, 5.74) is 4.74. The molecule has 0 aromatic carbocycles. The second kappa shape index (κ2) is 6.67. The lowest BCUT2D eigenvalue weighted by Crippen LogP contribution is -2.39. The van der Waals surface area contributed by atoms with E-state index in [1.165, 1.54) is 6.08 Å². The van der Waals surface area contributed by atoms with E-state index < -0.39 is 15.9 Å². The van der Waals surface area contributed by atoms with E-state index in [1.807, 2.05) is 21.1 Å². The summed E-state index contributed by atoms with van der Waals surface area (Å²) in [6.07, 6.45) is 1.33. The Morgan fingerprint density at radius 1 is 1.47 bits per heavy atom. The van der Waals surface area contributed by atoms with Gasteiger partial charge in [-0.3, -0.25) is 4.48 Å². The monoisotopic (exact) mass is 238 g/mol. The fourth-order valence-electron chi connectivity index (χ4n) is 0.418. The fourth-order valence-corrected chi connectivity index (χ4v) is 0.707. The standard InChI is InChI=1S/C6H12NO.C2H7NO3S/c1-5-6(8)7(2,3)4;3-1-2-7(4,5)6/h5H,1H2,2-4H3;1-3H2,(H,4,5,6)/q+1;/p-1. The lowest BCUT2D eigenvalue weighted by molar-refractivity contribution is -0.789. The van der Waals surface area contributed by atoms with Crippen LogP contribution in [0.25, 0.3) is 0 Å². The van der Waals surface area contributed by atoms with E-state index >= 15 is 0 Å². The molecule has 0 aromatic rings. The fraction of sp³-hybridized carbons (Fsp3) is 0.625. The number of hydrogen-bond donors (Lipinski definition) is 1. The number of nitrogens with two attached hydrogens (primary N) is 1. The van der Waals surface area contributed by atoms with Crippen LogP contribution in [0.4, 0.5) is 0 Å². The Kier molecular flexibility index (Phi) is 7.41. The zero-order valence-electron chi connectivity index (χ0n) is 9.26. The molecule has 6 nitrogen and oxygen atoms in total. The number of hydrogen-bond acceptors (Lipinski definition) is 5. The molecule has 2 N–H and O–H groups in total. The number of likely N-dealkylation sites (N-methyl/N-ethyl adjacent to an activating group) is 1. The maximum absolute atomic E-state index is 10.7. The Morgan fingerprint density at radius 3 is 1.87 bits per heavy atom. The SMILES string of the molecule is C=CC(=O)[N+](C)(C)C.NCCS(=O)(=O)[O-]. The third kappa shape index (κ3) is 13.2. The minimum Gasteiger partial charge on any atom is -0.748 e. The molecule has 1 amide bonds. The highest BCUT2D eigenvalue weighted by Crippen LogP contribution is 1.90. The van der Waals surface area contributed by atoms with Crippen LogP contribution >= 0.6 is 0 Å². The lowest BCUT2D eigenvalue weighted by atomic mass is 10.5. The summed E-state index contributed by atoms with van der Waals surface area (Å²) < 4.78 is 29.1. The average molecular weight is 238 g/mol. The van der Waals surface area contributed by atoms with E-state index in [0.29, 0.717) is 4.48 Å². The zero-order chi connectivity index (χ0) is 12.7. The summed E-state index contributed by atoms with van der Waals surface area (Å²) in [4.78, 5) is 10.7. The zero-order valence-corrected chi connectivity index (χ0v) is 10.1. The topological polar surface area (TPSA) is 100 Å². The molecule has 0 rings (SSSR count). The van der Waals surface area contributed by atoms with E-state index in [4.69, 9.17) is 5.73 Å². The second-order valence-corrected chi connectivity index (χ2v) is 5.13. The molecule has 0 aliphatic heterocycles. The van der Waals surface area contributed by atoms with Gasteiger partial charge in [0.2, 0.25) is 0 Å². The molecular weight excluding hydrogens is 220 g/mol. The van der Waals surface area contributed by atoms with Crippen LogP contribution in [-0.2, 0) is 14.9 Å². The molecule has 0 radical (unpaired) electrons. The Labute approximate surface area is 90.7 Å². The van der Waals surface area contributed by atoms with Crippen LogP contribution in [0.3, 0.4) is 0 Å². The van der Waals surface area contributed by atoms with Crippen molar-refractivity contribution in [1.29, 1.82) is 0 Å². The van der Waals surface area contributed by atoms with Crippen molar-refractivity contribution < 1.29 is 22.2 Å². The molecule has 0 unspecified atom stereocenters. The Bertz CT molecular complexity index is 303. The number of nitrogens with zero attached hydrogens (tertiary/aromatic N) is 1. The molecule has 0 fully saturated rings. The smallest absolute Gasteiger partial charge is 0.337 e. The molecule has 0 spiro atoms. The van der Waals surface area contributed by atoms with Crippen LogP contribution in [0.2, 0.25) is 0 Å². The predicted octanol–water partition coefficient (Wildman–Crippen LogP) is -1.10. The van der Waals surface area contributed by atoms with Gasteiger partial charge in [-0.1, -0.05) is 6.58 Å². The van der Waals surface area contributed by atoms with Gasteiger partial charge in [-0.2, -0.15) is 0 Å². The van der Waals surface area contributed by atoms with Gasteiger partial charge in [-0.25, -0.2) is 13.2 Å². The number of rotatable bonds is 3. The largest absolute Gasteiger partial charge is 0.748 e. The van der Waals surface area contributed by atoms with Gasteiger partial charge in [0.05, 0.1) is 37.0 Å². The maximum atomic E-state index is 10.7. The van der Waals surface area contributed by atoms with Crippen molar-refractivity contribution in [3.05, 3.63) is 12.7 Å². The van der Waals surface area contributed by atoms with Gasteiger partial charge >= 0.3 is 5.91 Å². The number of carbonyl (C=O) groups is 1. The summed E-state index contributed by atoms with van der Waals surface area (Å²) in [6, 6.07) is 0. The molecule has 0 aliphatic carbocycles. The molecule has 15 heavy (non-hydrogen) atoms. The lowest BCUT2D eigenvalue weighted by Gasteiger charge is -2.17. The predicted molar refractivity (Wildman–Crippen MR) is 56.9 cm³/mol. The minimum absolute atomic E-state index is 0.0324. The van der Waals surface area contributed by atoms with Crippen molar-refractivity contribution in [1.82, 2.24) is 0 Å². The van der Waals surface area contributed by atoms with E-state index in [1.54, 1.807) is 0 Å². The van der Waals surface area contributed by atoms with Crippen molar-refractivity contribution in [2.45, 2.75) is 0 Å². The van der Waals surface area contributed by atoms with Gasteiger partial charge in [0.25, 0.3) is 0 Å². The summed E-state index contributed by atoms with van der Waals surface area (Å²) in [5, 5.41) is 0. The Morgan fingerprint density at radius 2 is 1.87 bits per heavy atom. The van der Waals surface area contributed by atoms with Gasteiger partial charge in [-0.05, 0) is 0 Å². The highest BCUT2D eigenvalue weighted by atomic mass is 32.2. The van der Waals surface area contributed by atoms with Crippen molar-refractivity contribution in [2.24, 2.45) is 5.73 Å². The van der Waals surface area contributed by atoms with Gasteiger partial charge in [0.1, 0.15) is 0 Å². The molecule has 0 aliphatic rings. The van der Waals surface area contributed by atoms with Crippen LogP contribution in [0.15, 0.2) is 12.7 Å². The third-order valence-corrected chi connectivity index (χ3v) is 1.94. The van der Waals surface area contributed by atoms with Crippen molar-refractivity contribution >= 4 is 16.0 Å².